The molecule has 3 aromatic heterocycles. The predicted molar refractivity (Wildman–Crippen MR) is 105 cm³/mol. The third-order valence-corrected chi connectivity index (χ3v) is 4.65. The minimum atomic E-state index is -0.180. The van der Waals surface area contributed by atoms with E-state index in [0.717, 1.165) is 28.3 Å². The highest BCUT2D eigenvalue weighted by Gasteiger charge is 2.18. The average molecular weight is 373 g/mol. The zero-order chi connectivity index (χ0) is 19.7. The summed E-state index contributed by atoms with van der Waals surface area (Å²) in [5.74, 6) is 1.01. The van der Waals surface area contributed by atoms with Gasteiger partial charge in [0.05, 0.1) is 5.56 Å². The van der Waals surface area contributed by atoms with Gasteiger partial charge in [0.15, 0.2) is 0 Å². The maximum absolute atomic E-state index is 13.0. The van der Waals surface area contributed by atoms with E-state index in [1.165, 1.54) is 6.39 Å². The van der Waals surface area contributed by atoms with Crippen LogP contribution >= 0.6 is 0 Å². The number of aromatic nitrogens is 4. The van der Waals surface area contributed by atoms with E-state index in [-0.39, 0.29) is 5.91 Å². The Labute approximate surface area is 162 Å². The van der Waals surface area contributed by atoms with Gasteiger partial charge in [-0.15, -0.1) is 10.2 Å². The highest BCUT2D eigenvalue weighted by molar-refractivity contribution is 6.06. The Hall–Kier alpha value is -3.74. The van der Waals surface area contributed by atoms with E-state index in [9.17, 15) is 4.79 Å². The molecule has 140 valence electrons. The Morgan fingerprint density at radius 3 is 2.68 bits per heavy atom. The van der Waals surface area contributed by atoms with Crippen LogP contribution < -0.4 is 5.32 Å². The van der Waals surface area contributed by atoms with E-state index in [2.05, 4.69) is 20.5 Å². The zero-order valence-corrected chi connectivity index (χ0v) is 15.8. The van der Waals surface area contributed by atoms with Crippen molar-refractivity contribution in [2.24, 2.45) is 0 Å². The number of hydrogen-bond acceptors (Lipinski definition) is 5. The van der Waals surface area contributed by atoms with Gasteiger partial charge < -0.3 is 14.3 Å². The molecular weight excluding hydrogens is 354 g/mol. The molecule has 1 N–H and O–H groups in total. The van der Waals surface area contributed by atoms with Crippen molar-refractivity contribution in [3.8, 4) is 17.3 Å². The molecule has 0 spiro atoms. The molecule has 0 radical (unpaired) electrons. The molecule has 7 nitrogen and oxygen atoms in total. The fraction of sp³-hybridized carbons (Fsp3) is 0.143. The molecule has 0 atom stereocenters. The summed E-state index contributed by atoms with van der Waals surface area (Å²) in [4.78, 5) is 17.4. The summed E-state index contributed by atoms with van der Waals surface area (Å²) in [7, 11) is 0. The van der Waals surface area contributed by atoms with Gasteiger partial charge in [-0.05, 0) is 56.7 Å². The first-order valence-electron chi connectivity index (χ1n) is 8.83. The maximum atomic E-state index is 13.0. The molecule has 1 amide bonds. The van der Waals surface area contributed by atoms with Gasteiger partial charge >= 0.3 is 0 Å². The lowest BCUT2D eigenvalue weighted by molar-refractivity contribution is 0.102. The van der Waals surface area contributed by atoms with Crippen LogP contribution in [0.5, 0.6) is 0 Å². The second-order valence-electron chi connectivity index (χ2n) is 6.54. The average Bonchev–Trinajstić information content (AvgIpc) is 3.32. The molecule has 4 rings (SSSR count). The van der Waals surface area contributed by atoms with Crippen molar-refractivity contribution in [1.82, 2.24) is 19.7 Å². The van der Waals surface area contributed by atoms with Gasteiger partial charge in [0.1, 0.15) is 5.82 Å². The van der Waals surface area contributed by atoms with Crippen molar-refractivity contribution in [3.05, 3.63) is 77.6 Å². The second-order valence-corrected chi connectivity index (χ2v) is 6.54. The standard InChI is InChI=1S/C21H19N5O2/c1-13-7-8-16(21-25-23-12-28-21)11-18(13)24-20(27)17-10-14(2)26(15(17)3)19-6-4-5-9-22-19/h4-12H,1-3H3,(H,24,27). The molecule has 0 bridgehead atoms. The van der Waals surface area contributed by atoms with Gasteiger partial charge in [0.25, 0.3) is 5.91 Å². The summed E-state index contributed by atoms with van der Waals surface area (Å²) in [6.45, 7) is 5.81. The quantitative estimate of drug-likeness (QED) is 0.582. The Morgan fingerprint density at radius 2 is 1.96 bits per heavy atom. The monoisotopic (exact) mass is 373 g/mol. The van der Waals surface area contributed by atoms with Crippen molar-refractivity contribution in [1.29, 1.82) is 0 Å². The van der Waals surface area contributed by atoms with Crippen LogP contribution in [0.1, 0.15) is 27.3 Å². The number of hydrogen-bond donors (Lipinski definition) is 1. The topological polar surface area (TPSA) is 85.8 Å². The van der Waals surface area contributed by atoms with Gasteiger partial charge in [-0.25, -0.2) is 4.98 Å². The van der Waals surface area contributed by atoms with Crippen molar-refractivity contribution < 1.29 is 9.21 Å². The number of anilines is 1. The van der Waals surface area contributed by atoms with E-state index < -0.39 is 0 Å². The number of aryl methyl sites for hydroxylation is 2. The molecule has 0 saturated heterocycles. The first-order valence-corrected chi connectivity index (χ1v) is 8.83. The Morgan fingerprint density at radius 1 is 1.11 bits per heavy atom. The van der Waals surface area contributed by atoms with E-state index in [1.807, 2.05) is 67.8 Å². The molecule has 7 heteroatoms. The van der Waals surface area contributed by atoms with E-state index in [1.54, 1.807) is 6.20 Å². The summed E-state index contributed by atoms with van der Waals surface area (Å²) in [5.41, 5.74) is 4.76. The Kier molecular flexibility index (Phi) is 4.49. The van der Waals surface area contributed by atoms with Gasteiger partial charge in [-0.2, -0.15) is 0 Å². The number of pyridine rings is 1. The van der Waals surface area contributed by atoms with Crippen LogP contribution in [-0.4, -0.2) is 25.7 Å². The van der Waals surface area contributed by atoms with Crippen LogP contribution in [-0.2, 0) is 0 Å². The molecule has 1 aromatic carbocycles. The normalized spacial score (nSPS) is 10.8. The molecule has 0 aliphatic rings. The molecule has 3 heterocycles. The van der Waals surface area contributed by atoms with Gasteiger partial charge in [0.2, 0.25) is 12.3 Å². The summed E-state index contributed by atoms with van der Waals surface area (Å²) >= 11 is 0. The summed E-state index contributed by atoms with van der Waals surface area (Å²) in [6, 6.07) is 13.2. The van der Waals surface area contributed by atoms with Crippen LogP contribution in [0.15, 0.2) is 59.5 Å². The molecule has 28 heavy (non-hydrogen) atoms. The lowest BCUT2D eigenvalue weighted by Crippen LogP contribution is -2.14. The minimum Gasteiger partial charge on any atom is -0.423 e. The highest BCUT2D eigenvalue weighted by atomic mass is 16.4. The Balaban J connectivity index is 1.66. The molecule has 0 saturated carbocycles. The van der Waals surface area contributed by atoms with Crippen LogP contribution in [0.2, 0.25) is 0 Å². The fourth-order valence-corrected chi connectivity index (χ4v) is 3.21. The number of nitrogens with zero attached hydrogens (tertiary/aromatic N) is 4. The number of carbonyl (C=O) groups is 1. The smallest absolute Gasteiger partial charge is 0.257 e. The van der Waals surface area contributed by atoms with Crippen molar-refractivity contribution in [3.63, 3.8) is 0 Å². The van der Waals surface area contributed by atoms with Gasteiger partial charge in [0, 0.05) is 28.8 Å². The first kappa shape index (κ1) is 17.7. The number of benzene rings is 1. The van der Waals surface area contributed by atoms with Gasteiger partial charge in [-0.1, -0.05) is 12.1 Å². The van der Waals surface area contributed by atoms with E-state index >= 15 is 0 Å². The van der Waals surface area contributed by atoms with Crippen LogP contribution in [0, 0.1) is 20.8 Å². The number of amides is 1. The fourth-order valence-electron chi connectivity index (χ4n) is 3.21. The van der Waals surface area contributed by atoms with Crippen LogP contribution in [0.3, 0.4) is 0 Å². The lowest BCUT2D eigenvalue weighted by Gasteiger charge is -2.11. The third-order valence-electron chi connectivity index (χ3n) is 4.65. The molecule has 0 aliphatic heterocycles. The number of rotatable bonds is 4. The minimum absolute atomic E-state index is 0.180. The molecule has 0 aliphatic carbocycles. The van der Waals surface area contributed by atoms with Crippen molar-refractivity contribution in [2.75, 3.05) is 5.32 Å². The third kappa shape index (κ3) is 3.18. The van der Waals surface area contributed by atoms with Crippen molar-refractivity contribution >= 4 is 11.6 Å². The number of carbonyl (C=O) groups excluding carboxylic acids is 1. The van der Waals surface area contributed by atoms with E-state index in [4.69, 9.17) is 4.42 Å². The maximum Gasteiger partial charge on any atom is 0.257 e. The van der Waals surface area contributed by atoms with Crippen LogP contribution in [0.4, 0.5) is 5.69 Å². The number of nitrogens with one attached hydrogen (secondary N) is 1. The Bertz CT molecular complexity index is 1130. The zero-order valence-electron chi connectivity index (χ0n) is 15.8. The van der Waals surface area contributed by atoms with Gasteiger partial charge in [-0.3, -0.25) is 4.79 Å². The largest absolute Gasteiger partial charge is 0.423 e. The van der Waals surface area contributed by atoms with Crippen LogP contribution in [0.25, 0.3) is 17.3 Å². The predicted octanol–water partition coefficient (Wildman–Crippen LogP) is 4.10. The molecule has 4 aromatic rings. The van der Waals surface area contributed by atoms with E-state index in [0.29, 0.717) is 17.1 Å². The molecule has 0 unspecified atom stereocenters. The molecular formula is C21H19N5O2. The highest BCUT2D eigenvalue weighted by Crippen LogP contribution is 2.26. The summed E-state index contributed by atoms with van der Waals surface area (Å²) in [5, 5.41) is 10.6. The second kappa shape index (κ2) is 7.11. The SMILES string of the molecule is Cc1ccc(-c2nnco2)cc1NC(=O)c1cc(C)n(-c2ccccn2)c1C. The van der Waals surface area contributed by atoms with Crippen molar-refractivity contribution in [2.45, 2.75) is 20.8 Å². The summed E-state index contributed by atoms with van der Waals surface area (Å²) in [6.07, 6.45) is 3.01. The summed E-state index contributed by atoms with van der Waals surface area (Å²) < 4.78 is 7.21. The lowest BCUT2D eigenvalue weighted by atomic mass is 10.1. The first-order chi connectivity index (χ1) is 13.5. The molecule has 0 fully saturated rings.